The largest absolute Gasteiger partial charge is 0.462 e. The van der Waals surface area contributed by atoms with E-state index in [0.29, 0.717) is 13.1 Å². The van der Waals surface area contributed by atoms with Crippen LogP contribution in [0.5, 0.6) is 0 Å². The second-order valence-corrected chi connectivity index (χ2v) is 8.31. The molecule has 0 saturated heterocycles. The summed E-state index contributed by atoms with van der Waals surface area (Å²) in [5.41, 5.74) is -0.349. The summed E-state index contributed by atoms with van der Waals surface area (Å²) in [7, 11) is -4.30. The number of amides is 1. The zero-order valence-electron chi connectivity index (χ0n) is 15.5. The topological polar surface area (TPSA) is 98.6 Å². The van der Waals surface area contributed by atoms with Gasteiger partial charge in [0, 0.05) is 23.1 Å². The number of ether oxygens (including phenoxy) is 1. The van der Waals surface area contributed by atoms with Crippen molar-refractivity contribution in [2.45, 2.75) is 30.7 Å². The molecule has 0 bridgehead atoms. The van der Waals surface area contributed by atoms with Crippen LogP contribution in [0.25, 0.3) is 0 Å². The second-order valence-electron chi connectivity index (χ2n) is 5.58. The minimum Gasteiger partial charge on any atom is -0.462 e. The van der Waals surface area contributed by atoms with Crippen LogP contribution in [-0.2, 0) is 14.6 Å². The van der Waals surface area contributed by atoms with E-state index in [4.69, 9.17) is 27.9 Å². The SMILES string of the molecule is CCOC(=O)c1cn(C(=O)N(CC)CC)nc1S(=O)(=O)c1cc(Cl)cc(Cl)c1. The average molecular weight is 448 g/mol. The van der Waals surface area contributed by atoms with E-state index in [-0.39, 0.29) is 27.1 Å². The summed E-state index contributed by atoms with van der Waals surface area (Å²) in [6.45, 7) is 5.90. The number of nitrogens with zero attached hydrogens (tertiary/aromatic N) is 3. The fourth-order valence-electron chi connectivity index (χ4n) is 2.44. The molecule has 0 fully saturated rings. The van der Waals surface area contributed by atoms with Crippen molar-refractivity contribution in [2.24, 2.45) is 0 Å². The molecule has 0 spiro atoms. The highest BCUT2D eigenvalue weighted by molar-refractivity contribution is 7.91. The second kappa shape index (κ2) is 8.93. The molecule has 1 amide bonds. The molecule has 0 radical (unpaired) electrons. The van der Waals surface area contributed by atoms with Crippen molar-refractivity contribution >= 4 is 45.0 Å². The van der Waals surface area contributed by atoms with E-state index >= 15 is 0 Å². The summed E-state index contributed by atoms with van der Waals surface area (Å²) in [6.07, 6.45) is 1.05. The molecule has 152 valence electrons. The molecule has 11 heteroatoms. The van der Waals surface area contributed by atoms with E-state index in [1.165, 1.54) is 23.1 Å². The van der Waals surface area contributed by atoms with Crippen LogP contribution in [0.15, 0.2) is 34.3 Å². The predicted molar refractivity (Wildman–Crippen MR) is 104 cm³/mol. The molecule has 0 saturated carbocycles. The maximum atomic E-state index is 13.1. The van der Waals surface area contributed by atoms with Crippen LogP contribution < -0.4 is 0 Å². The fraction of sp³-hybridized carbons (Fsp3) is 0.353. The van der Waals surface area contributed by atoms with Crippen molar-refractivity contribution < 1.29 is 22.7 Å². The van der Waals surface area contributed by atoms with Gasteiger partial charge in [0.1, 0.15) is 5.56 Å². The Morgan fingerprint density at radius 3 is 2.18 bits per heavy atom. The normalized spacial score (nSPS) is 11.3. The molecule has 28 heavy (non-hydrogen) atoms. The zero-order valence-corrected chi connectivity index (χ0v) is 17.8. The third-order valence-corrected chi connectivity index (χ3v) is 5.91. The molecule has 0 unspecified atom stereocenters. The Morgan fingerprint density at radius 2 is 1.68 bits per heavy atom. The van der Waals surface area contributed by atoms with Gasteiger partial charge in [-0.2, -0.15) is 9.78 Å². The minimum absolute atomic E-state index is 0.0243. The lowest BCUT2D eigenvalue weighted by atomic mass is 10.4. The molecule has 0 aliphatic rings. The third kappa shape index (κ3) is 4.48. The fourth-order valence-corrected chi connectivity index (χ4v) is 4.50. The summed E-state index contributed by atoms with van der Waals surface area (Å²) in [5.74, 6) is -0.909. The van der Waals surface area contributed by atoms with E-state index in [1.807, 2.05) is 0 Å². The molecule has 1 aromatic carbocycles. The van der Waals surface area contributed by atoms with Crippen LogP contribution in [0.2, 0.25) is 10.0 Å². The molecule has 8 nitrogen and oxygen atoms in total. The Labute approximate surface area is 172 Å². The summed E-state index contributed by atoms with van der Waals surface area (Å²) >= 11 is 11.8. The zero-order chi connectivity index (χ0) is 21.1. The number of aromatic nitrogens is 2. The van der Waals surface area contributed by atoms with E-state index in [1.54, 1.807) is 20.8 Å². The molecule has 2 aromatic rings. The first kappa shape index (κ1) is 22.2. The standard InChI is InChI=1S/C17H19Cl2N3O5S/c1-4-21(5-2)17(24)22-10-14(16(23)27-6-3)15(20-22)28(25,26)13-8-11(18)7-12(19)9-13/h7-10H,4-6H2,1-3H3. The van der Waals surface area contributed by atoms with Crippen LogP contribution >= 0.6 is 23.2 Å². The van der Waals surface area contributed by atoms with Gasteiger partial charge < -0.3 is 9.64 Å². The van der Waals surface area contributed by atoms with Crippen molar-refractivity contribution in [3.63, 3.8) is 0 Å². The van der Waals surface area contributed by atoms with Gasteiger partial charge in [0.25, 0.3) is 0 Å². The van der Waals surface area contributed by atoms with Crippen molar-refractivity contribution in [3.05, 3.63) is 40.0 Å². The van der Waals surface area contributed by atoms with Crippen LogP contribution in [-0.4, -0.2) is 54.8 Å². The van der Waals surface area contributed by atoms with Gasteiger partial charge in [0.2, 0.25) is 9.84 Å². The van der Waals surface area contributed by atoms with Crippen molar-refractivity contribution in [3.8, 4) is 0 Å². The maximum absolute atomic E-state index is 13.1. The summed E-state index contributed by atoms with van der Waals surface area (Å²) in [6, 6.07) is 3.17. The number of sulfone groups is 1. The Kier molecular flexibility index (Phi) is 7.08. The lowest BCUT2D eigenvalue weighted by Crippen LogP contribution is -2.34. The summed E-state index contributed by atoms with van der Waals surface area (Å²) in [4.78, 5) is 26.0. The Balaban J connectivity index is 2.66. The first-order chi connectivity index (χ1) is 13.1. The smallest absolute Gasteiger partial charge is 0.344 e. The number of hydrogen-bond acceptors (Lipinski definition) is 6. The van der Waals surface area contributed by atoms with Gasteiger partial charge in [-0.1, -0.05) is 23.2 Å². The van der Waals surface area contributed by atoms with Crippen molar-refractivity contribution in [2.75, 3.05) is 19.7 Å². The van der Waals surface area contributed by atoms with Gasteiger partial charge in [-0.15, -0.1) is 0 Å². The van der Waals surface area contributed by atoms with Gasteiger partial charge in [0.15, 0.2) is 5.03 Å². The molecule has 0 atom stereocenters. The van der Waals surface area contributed by atoms with E-state index < -0.39 is 26.9 Å². The quantitative estimate of drug-likeness (QED) is 0.628. The Bertz CT molecular complexity index is 980. The van der Waals surface area contributed by atoms with E-state index in [0.717, 1.165) is 10.9 Å². The lowest BCUT2D eigenvalue weighted by molar-refractivity contribution is 0.0522. The van der Waals surface area contributed by atoms with Gasteiger partial charge in [-0.25, -0.2) is 18.0 Å². The van der Waals surface area contributed by atoms with Gasteiger partial charge >= 0.3 is 12.0 Å². The minimum atomic E-state index is -4.30. The summed E-state index contributed by atoms with van der Waals surface area (Å²) < 4.78 is 31.9. The van der Waals surface area contributed by atoms with Gasteiger partial charge in [0.05, 0.1) is 17.7 Å². The number of halogens is 2. The predicted octanol–water partition coefficient (Wildman–Crippen LogP) is 3.51. The molecule has 1 aromatic heterocycles. The number of rotatable bonds is 6. The molecular formula is C17H19Cl2N3O5S. The van der Waals surface area contributed by atoms with Gasteiger partial charge in [-0.3, -0.25) is 0 Å². The molecule has 0 N–H and O–H groups in total. The molecule has 1 heterocycles. The maximum Gasteiger partial charge on any atom is 0.344 e. The van der Waals surface area contributed by atoms with Crippen LogP contribution in [0.3, 0.4) is 0 Å². The summed E-state index contributed by atoms with van der Waals surface area (Å²) in [5, 5.41) is 3.48. The highest BCUT2D eigenvalue weighted by Gasteiger charge is 2.32. The molecule has 2 rings (SSSR count). The van der Waals surface area contributed by atoms with Gasteiger partial charge in [-0.05, 0) is 39.0 Å². The number of carbonyl (C=O) groups is 2. The highest BCUT2D eigenvalue weighted by atomic mass is 35.5. The number of benzene rings is 1. The van der Waals surface area contributed by atoms with Crippen LogP contribution in [0.1, 0.15) is 31.1 Å². The first-order valence-corrected chi connectivity index (χ1v) is 10.7. The number of esters is 1. The highest BCUT2D eigenvalue weighted by Crippen LogP contribution is 2.28. The molecule has 0 aliphatic carbocycles. The van der Waals surface area contributed by atoms with Crippen molar-refractivity contribution in [1.29, 1.82) is 0 Å². The van der Waals surface area contributed by atoms with E-state index in [9.17, 15) is 18.0 Å². The van der Waals surface area contributed by atoms with E-state index in [2.05, 4.69) is 5.10 Å². The monoisotopic (exact) mass is 447 g/mol. The Hall–Kier alpha value is -2.10. The third-order valence-electron chi connectivity index (χ3n) is 3.81. The van der Waals surface area contributed by atoms with Crippen LogP contribution in [0, 0.1) is 0 Å². The average Bonchev–Trinajstić information content (AvgIpc) is 3.08. The molecule has 0 aliphatic heterocycles. The number of hydrogen-bond donors (Lipinski definition) is 0. The van der Waals surface area contributed by atoms with Crippen molar-refractivity contribution in [1.82, 2.24) is 14.7 Å². The first-order valence-electron chi connectivity index (χ1n) is 8.42. The Morgan fingerprint density at radius 1 is 1.11 bits per heavy atom. The van der Waals surface area contributed by atoms with Crippen LogP contribution in [0.4, 0.5) is 4.79 Å². The molecular weight excluding hydrogens is 429 g/mol. The number of carbonyl (C=O) groups excluding carboxylic acids is 2. The lowest BCUT2D eigenvalue weighted by Gasteiger charge is -2.17.